The third kappa shape index (κ3) is 9.79. The average Bonchev–Trinajstić information content (AvgIpc) is 3.09. The van der Waals surface area contributed by atoms with E-state index in [4.69, 9.17) is 14.6 Å². The Labute approximate surface area is 256 Å². The largest absolute Gasteiger partial charge is 0.465 e. The first-order valence-corrected chi connectivity index (χ1v) is 16.9. The van der Waals surface area contributed by atoms with Crippen LogP contribution in [0.3, 0.4) is 0 Å². The Morgan fingerprint density at radius 3 is 2.19 bits per heavy atom. The number of rotatable bonds is 10. The highest BCUT2D eigenvalue weighted by atomic mass is 16.5. The fourth-order valence-corrected chi connectivity index (χ4v) is 8.20. The molecule has 1 aliphatic heterocycles. The predicted molar refractivity (Wildman–Crippen MR) is 167 cm³/mol. The van der Waals surface area contributed by atoms with Crippen LogP contribution in [0.1, 0.15) is 106 Å². The minimum absolute atomic E-state index is 0.0107. The van der Waals surface area contributed by atoms with Crippen molar-refractivity contribution in [3.63, 3.8) is 0 Å². The maximum Gasteiger partial charge on any atom is 0.406 e. The number of carbonyl (C=O) groups is 1. The van der Waals surface area contributed by atoms with Crippen LogP contribution >= 0.6 is 0 Å². The molecule has 4 N–H and O–H groups in total. The molecule has 8 nitrogen and oxygen atoms in total. The van der Waals surface area contributed by atoms with E-state index in [2.05, 4.69) is 41.5 Å². The van der Waals surface area contributed by atoms with E-state index in [-0.39, 0.29) is 35.9 Å². The third-order valence-electron chi connectivity index (χ3n) is 11.1. The Morgan fingerprint density at radius 1 is 0.976 bits per heavy atom. The summed E-state index contributed by atoms with van der Waals surface area (Å²) in [4.78, 5) is 10.7. The Kier molecular flexibility index (Phi) is 15.0. The van der Waals surface area contributed by atoms with Gasteiger partial charge < -0.3 is 34.8 Å². The molecule has 0 aromatic heterocycles. The summed E-state index contributed by atoms with van der Waals surface area (Å²) < 4.78 is 12.3. The molecule has 13 atom stereocenters. The van der Waals surface area contributed by atoms with Gasteiger partial charge in [0.1, 0.15) is 0 Å². The minimum Gasteiger partial charge on any atom is -0.465 e. The molecule has 8 heteroatoms. The monoisotopic (exact) mass is 599 g/mol. The molecule has 2 saturated carbocycles. The summed E-state index contributed by atoms with van der Waals surface area (Å²) in [6, 6.07) is 0. The maximum absolute atomic E-state index is 12.0. The number of carboxylic acid groups (broad SMARTS) is 1. The fourth-order valence-electron chi connectivity index (χ4n) is 8.20. The van der Waals surface area contributed by atoms with Crippen molar-refractivity contribution in [1.29, 1.82) is 0 Å². The van der Waals surface area contributed by atoms with Crippen molar-refractivity contribution < 1.29 is 34.7 Å². The summed E-state index contributed by atoms with van der Waals surface area (Å²) >= 11 is 0. The van der Waals surface area contributed by atoms with Gasteiger partial charge in [0, 0.05) is 14.1 Å². The smallest absolute Gasteiger partial charge is 0.406 e. The van der Waals surface area contributed by atoms with Crippen LogP contribution in [0.15, 0.2) is 0 Å². The highest BCUT2D eigenvalue weighted by molar-refractivity contribution is 5.63. The van der Waals surface area contributed by atoms with E-state index < -0.39 is 23.9 Å². The van der Waals surface area contributed by atoms with E-state index >= 15 is 0 Å². The van der Waals surface area contributed by atoms with Gasteiger partial charge in [0.15, 0.2) is 0 Å². The molecular formula is C34H65NO7. The molecule has 0 radical (unpaired) electrons. The van der Waals surface area contributed by atoms with Gasteiger partial charge in [-0.1, -0.05) is 47.5 Å². The van der Waals surface area contributed by atoms with Crippen molar-refractivity contribution in [1.82, 2.24) is 4.90 Å². The fraction of sp³-hybridized carbons (Fsp3) is 0.971. The van der Waals surface area contributed by atoms with Crippen molar-refractivity contribution in [2.75, 3.05) is 27.3 Å². The minimum atomic E-state index is -0.933. The second kappa shape index (κ2) is 17.0. The lowest BCUT2D eigenvalue weighted by molar-refractivity contribution is -0.182. The van der Waals surface area contributed by atoms with Crippen molar-refractivity contribution in [2.45, 2.75) is 136 Å². The normalized spacial score (nSPS) is 37.1. The Morgan fingerprint density at radius 2 is 1.60 bits per heavy atom. The molecule has 2 aliphatic carbocycles. The van der Waals surface area contributed by atoms with E-state index in [0.29, 0.717) is 30.3 Å². The van der Waals surface area contributed by atoms with E-state index in [9.17, 15) is 20.1 Å². The molecule has 0 aromatic rings. The lowest BCUT2D eigenvalue weighted by Gasteiger charge is -2.51. The van der Waals surface area contributed by atoms with Gasteiger partial charge in [0.2, 0.25) is 0 Å². The maximum atomic E-state index is 12.0. The van der Waals surface area contributed by atoms with Gasteiger partial charge in [-0.05, 0) is 106 Å². The molecule has 1 heterocycles. The number of nitrogens with zero attached hydrogens (tertiary/aromatic N) is 1. The van der Waals surface area contributed by atoms with E-state index in [1.807, 2.05) is 6.92 Å². The molecular weight excluding hydrogens is 534 g/mol. The molecule has 3 rings (SSSR count). The van der Waals surface area contributed by atoms with Gasteiger partial charge in [-0.25, -0.2) is 4.79 Å². The quantitative estimate of drug-likeness (QED) is 0.241. The summed E-state index contributed by atoms with van der Waals surface area (Å²) in [5.74, 6) is 1.81. The number of ether oxygens (including phenoxy) is 2. The van der Waals surface area contributed by atoms with Crippen LogP contribution in [0.4, 0.5) is 4.79 Å². The van der Waals surface area contributed by atoms with Crippen LogP contribution in [-0.2, 0) is 9.47 Å². The average molecular weight is 600 g/mol. The number of hydrogen-bond donors (Lipinski definition) is 4. The topological polar surface area (TPSA) is 120 Å². The molecule has 0 bridgehead atoms. The number of hydrogen-bond acceptors (Lipinski definition) is 6. The van der Waals surface area contributed by atoms with Gasteiger partial charge in [-0.15, -0.1) is 0 Å². The summed E-state index contributed by atoms with van der Waals surface area (Å²) in [7, 11) is 2.95. The van der Waals surface area contributed by atoms with Gasteiger partial charge in [-0.3, -0.25) is 0 Å². The second-order valence-corrected chi connectivity index (χ2v) is 14.6. The number of aliphatic hydroxyl groups excluding tert-OH is 2. The second-order valence-electron chi connectivity index (χ2n) is 14.6. The van der Waals surface area contributed by atoms with Crippen molar-refractivity contribution in [3.8, 4) is 0 Å². The van der Waals surface area contributed by atoms with Crippen LogP contribution in [0.2, 0.25) is 0 Å². The van der Waals surface area contributed by atoms with Crippen LogP contribution in [0.5, 0.6) is 0 Å². The summed E-state index contributed by atoms with van der Waals surface area (Å²) in [5.41, 5.74) is -0.933. The van der Waals surface area contributed by atoms with Gasteiger partial charge in [0.25, 0.3) is 0 Å². The molecule has 1 saturated heterocycles. The van der Waals surface area contributed by atoms with Crippen molar-refractivity contribution in [3.05, 3.63) is 0 Å². The van der Waals surface area contributed by atoms with E-state index in [1.54, 1.807) is 0 Å². The molecule has 42 heavy (non-hydrogen) atoms. The van der Waals surface area contributed by atoms with Crippen molar-refractivity contribution in [2.24, 2.45) is 47.3 Å². The lowest BCUT2D eigenvalue weighted by Crippen LogP contribution is -2.58. The molecule has 0 spiro atoms. The Hall–Kier alpha value is -0.930. The summed E-state index contributed by atoms with van der Waals surface area (Å²) in [6.07, 6.45) is 7.32. The highest BCUT2D eigenvalue weighted by Crippen LogP contribution is 2.50. The highest BCUT2D eigenvalue weighted by Gasteiger charge is 2.54. The number of fused-ring (bicyclic) bond motifs is 1. The lowest BCUT2D eigenvalue weighted by atomic mass is 9.58. The predicted octanol–water partition coefficient (Wildman–Crippen LogP) is 6.06. The standard InChI is InChI=1S/C31H58O5.C3H7NO2/c1-8-9-21(4)35-17-25-16-19(2)10-13-26(25)23(6)29(32)30(33)24(7)28-14-11-20(3)27-15-12-22(5)36-18-31(27,28)34;1-4(2)3(5)6/h19-30,32-34H,8-18H2,1-7H3;1-2H3,(H,5,6)/t19-,20-,21?,22?,23?,24?,25?,26+,27?,28+,29?,30?,31-;/m1./s1. The van der Waals surface area contributed by atoms with Crippen LogP contribution in [0, 0.1) is 47.3 Å². The zero-order valence-corrected chi connectivity index (χ0v) is 28.2. The molecule has 8 unspecified atom stereocenters. The van der Waals surface area contributed by atoms with Crippen LogP contribution < -0.4 is 0 Å². The van der Waals surface area contributed by atoms with Gasteiger partial charge in [-0.2, -0.15) is 0 Å². The first kappa shape index (κ1) is 37.3. The summed E-state index contributed by atoms with van der Waals surface area (Å²) in [6.45, 7) is 16.3. The van der Waals surface area contributed by atoms with E-state index in [0.717, 1.165) is 62.9 Å². The molecule has 0 aromatic carbocycles. The number of aliphatic hydroxyl groups is 3. The van der Waals surface area contributed by atoms with Crippen molar-refractivity contribution >= 4 is 6.09 Å². The molecule has 1 amide bonds. The SMILES string of the molecule is CCCC(C)OCC1C[C@H](C)CC[C@H]1C(C)C(O)C(O)C(C)[C@@H]1CC[C@@H](C)C2CCC(C)OC[C@@]21O.CN(C)C(=O)O. The number of amides is 1. The van der Waals surface area contributed by atoms with Crippen LogP contribution in [0.25, 0.3) is 0 Å². The first-order valence-electron chi connectivity index (χ1n) is 16.9. The summed E-state index contributed by atoms with van der Waals surface area (Å²) in [5, 5.41) is 43.0. The van der Waals surface area contributed by atoms with Gasteiger partial charge >= 0.3 is 6.09 Å². The van der Waals surface area contributed by atoms with Gasteiger partial charge in [0.05, 0.1) is 43.2 Å². The molecule has 248 valence electrons. The molecule has 3 fully saturated rings. The zero-order chi connectivity index (χ0) is 31.8. The zero-order valence-electron chi connectivity index (χ0n) is 28.2. The molecule has 3 aliphatic rings. The first-order chi connectivity index (χ1) is 19.6. The third-order valence-corrected chi connectivity index (χ3v) is 11.1. The Bertz CT molecular complexity index is 796. The Balaban J connectivity index is 0.000000928. The van der Waals surface area contributed by atoms with Crippen LogP contribution in [-0.4, -0.2) is 88.7 Å². The van der Waals surface area contributed by atoms with E-state index in [1.165, 1.54) is 20.5 Å².